The molecule has 2 rings (SSSR count). The molecule has 0 saturated heterocycles. The van der Waals surface area contributed by atoms with Crippen molar-refractivity contribution in [2.24, 2.45) is 5.73 Å². The number of methoxy groups -OCH3 is 1. The molecule has 0 aliphatic heterocycles. The van der Waals surface area contributed by atoms with E-state index >= 15 is 0 Å². The Morgan fingerprint density at radius 2 is 1.55 bits per heavy atom. The first-order chi connectivity index (χ1) is 9.43. The van der Waals surface area contributed by atoms with E-state index < -0.39 is 29.3 Å². The maximum atomic E-state index is 13.8. The molecule has 0 fully saturated rings. The molecule has 0 bridgehead atoms. The van der Waals surface area contributed by atoms with Gasteiger partial charge in [-0.05, 0) is 23.8 Å². The van der Waals surface area contributed by atoms with Crippen LogP contribution < -0.4 is 10.5 Å². The molecule has 20 heavy (non-hydrogen) atoms. The molecule has 6 heteroatoms. The van der Waals surface area contributed by atoms with E-state index in [1.807, 2.05) is 0 Å². The van der Waals surface area contributed by atoms with Crippen molar-refractivity contribution < 1.29 is 22.3 Å². The summed E-state index contributed by atoms with van der Waals surface area (Å²) in [6.45, 7) is 0. The zero-order valence-corrected chi connectivity index (χ0v) is 10.5. The molecule has 0 heterocycles. The molecular formula is C14H11F4NO. The van der Waals surface area contributed by atoms with Gasteiger partial charge in [0.05, 0.1) is 13.2 Å². The summed E-state index contributed by atoms with van der Waals surface area (Å²) < 4.78 is 57.8. The number of benzene rings is 2. The van der Waals surface area contributed by atoms with Gasteiger partial charge in [-0.25, -0.2) is 17.6 Å². The zero-order chi connectivity index (χ0) is 14.9. The van der Waals surface area contributed by atoms with Crippen molar-refractivity contribution in [2.75, 3.05) is 7.11 Å². The van der Waals surface area contributed by atoms with Crippen molar-refractivity contribution in [3.63, 3.8) is 0 Å². The average molecular weight is 285 g/mol. The first-order valence-corrected chi connectivity index (χ1v) is 5.67. The minimum absolute atomic E-state index is 0.0243. The van der Waals surface area contributed by atoms with Gasteiger partial charge >= 0.3 is 0 Å². The minimum Gasteiger partial charge on any atom is -0.497 e. The van der Waals surface area contributed by atoms with Crippen LogP contribution in [0.4, 0.5) is 17.6 Å². The summed E-state index contributed by atoms with van der Waals surface area (Å²) in [6, 6.07) is 4.28. The highest BCUT2D eigenvalue weighted by molar-refractivity contribution is 5.36. The van der Waals surface area contributed by atoms with Gasteiger partial charge in [0, 0.05) is 11.6 Å². The number of nitrogens with two attached hydrogens (primary N) is 1. The quantitative estimate of drug-likeness (QED) is 0.693. The Morgan fingerprint density at radius 1 is 0.950 bits per heavy atom. The number of rotatable bonds is 3. The molecular weight excluding hydrogens is 274 g/mol. The first kappa shape index (κ1) is 14.3. The second-order valence-corrected chi connectivity index (χ2v) is 4.16. The van der Waals surface area contributed by atoms with Gasteiger partial charge in [-0.3, -0.25) is 0 Å². The first-order valence-electron chi connectivity index (χ1n) is 5.67. The third-order valence-electron chi connectivity index (χ3n) is 2.91. The smallest absolute Gasteiger partial charge is 0.194 e. The number of hydrogen-bond donors (Lipinski definition) is 1. The summed E-state index contributed by atoms with van der Waals surface area (Å²) in [5.41, 5.74) is 5.72. The molecule has 0 saturated carbocycles. The zero-order valence-electron chi connectivity index (χ0n) is 10.5. The van der Waals surface area contributed by atoms with Crippen LogP contribution >= 0.6 is 0 Å². The van der Waals surface area contributed by atoms with Crippen LogP contribution in [0.2, 0.25) is 0 Å². The molecule has 106 valence electrons. The van der Waals surface area contributed by atoms with Crippen LogP contribution in [0.3, 0.4) is 0 Å². The molecule has 2 nitrogen and oxygen atoms in total. The topological polar surface area (TPSA) is 35.2 Å². The van der Waals surface area contributed by atoms with Gasteiger partial charge in [-0.2, -0.15) is 0 Å². The molecule has 0 aliphatic rings. The number of hydrogen-bond acceptors (Lipinski definition) is 2. The minimum atomic E-state index is -1.59. The Hall–Kier alpha value is -2.08. The van der Waals surface area contributed by atoms with Crippen LogP contribution in [0.15, 0.2) is 30.3 Å². The Balaban J connectivity index is 2.43. The van der Waals surface area contributed by atoms with E-state index in [-0.39, 0.29) is 16.9 Å². The third-order valence-corrected chi connectivity index (χ3v) is 2.91. The summed E-state index contributed by atoms with van der Waals surface area (Å²) in [5, 5.41) is 0. The Labute approximate surface area is 112 Å². The van der Waals surface area contributed by atoms with Crippen LogP contribution in [0.1, 0.15) is 17.2 Å². The molecule has 0 spiro atoms. The lowest BCUT2D eigenvalue weighted by Gasteiger charge is -2.14. The summed E-state index contributed by atoms with van der Waals surface area (Å²) >= 11 is 0. The van der Waals surface area contributed by atoms with Crippen molar-refractivity contribution in [1.29, 1.82) is 0 Å². The van der Waals surface area contributed by atoms with Crippen molar-refractivity contribution in [3.05, 3.63) is 64.7 Å². The fourth-order valence-electron chi connectivity index (χ4n) is 1.82. The summed E-state index contributed by atoms with van der Waals surface area (Å²) in [7, 11) is 1.37. The number of ether oxygens (including phenoxy) is 1. The normalized spacial score (nSPS) is 12.3. The second-order valence-electron chi connectivity index (χ2n) is 4.16. The number of halogens is 4. The summed E-state index contributed by atoms with van der Waals surface area (Å²) in [6.07, 6.45) is 0. The maximum absolute atomic E-state index is 13.8. The van der Waals surface area contributed by atoms with Crippen molar-refractivity contribution in [2.45, 2.75) is 6.04 Å². The van der Waals surface area contributed by atoms with E-state index in [2.05, 4.69) is 0 Å². The van der Waals surface area contributed by atoms with Crippen molar-refractivity contribution in [3.8, 4) is 5.75 Å². The van der Waals surface area contributed by atoms with Crippen LogP contribution in [0, 0.1) is 23.3 Å². The molecule has 0 amide bonds. The van der Waals surface area contributed by atoms with Gasteiger partial charge in [0.2, 0.25) is 0 Å². The molecule has 1 unspecified atom stereocenters. The van der Waals surface area contributed by atoms with Gasteiger partial charge in [0.15, 0.2) is 17.5 Å². The van der Waals surface area contributed by atoms with E-state index in [1.165, 1.54) is 19.2 Å². The summed E-state index contributed by atoms with van der Waals surface area (Å²) in [4.78, 5) is 0. The monoisotopic (exact) mass is 285 g/mol. The van der Waals surface area contributed by atoms with Gasteiger partial charge < -0.3 is 10.5 Å². The van der Waals surface area contributed by atoms with E-state index in [4.69, 9.17) is 10.5 Å². The highest BCUT2D eigenvalue weighted by Crippen LogP contribution is 2.27. The molecule has 2 aromatic rings. The molecule has 1 atom stereocenters. The maximum Gasteiger partial charge on any atom is 0.194 e. The van der Waals surface area contributed by atoms with Gasteiger partial charge in [0.25, 0.3) is 0 Å². The van der Waals surface area contributed by atoms with Gasteiger partial charge in [-0.15, -0.1) is 0 Å². The third kappa shape index (κ3) is 2.60. The lowest BCUT2D eigenvalue weighted by Crippen LogP contribution is -2.15. The van der Waals surface area contributed by atoms with Crippen LogP contribution in [0.25, 0.3) is 0 Å². The van der Waals surface area contributed by atoms with Crippen LogP contribution in [0.5, 0.6) is 5.75 Å². The fraction of sp³-hybridized carbons (Fsp3) is 0.143. The Kier molecular flexibility index (Phi) is 3.94. The Bertz CT molecular complexity index is 622. The SMILES string of the molecule is COc1ccc(C(N)c2cc(F)c(F)c(F)c2)c(F)c1. The van der Waals surface area contributed by atoms with Gasteiger partial charge in [-0.1, -0.05) is 6.07 Å². The van der Waals surface area contributed by atoms with Crippen LogP contribution in [-0.4, -0.2) is 7.11 Å². The molecule has 0 aliphatic carbocycles. The van der Waals surface area contributed by atoms with Crippen molar-refractivity contribution >= 4 is 0 Å². The highest BCUT2D eigenvalue weighted by atomic mass is 19.2. The van der Waals surface area contributed by atoms with E-state index in [1.54, 1.807) is 0 Å². The standard InChI is InChI=1S/C14H11F4NO/c1-20-8-2-3-9(10(15)6-8)14(19)7-4-11(16)13(18)12(17)5-7/h2-6,14H,19H2,1H3. The largest absolute Gasteiger partial charge is 0.497 e. The average Bonchev–Trinajstić information content (AvgIpc) is 2.43. The molecule has 2 N–H and O–H groups in total. The summed E-state index contributed by atoms with van der Waals surface area (Å²) in [5.74, 6) is -4.72. The van der Waals surface area contributed by atoms with E-state index in [0.29, 0.717) is 0 Å². The van der Waals surface area contributed by atoms with E-state index in [9.17, 15) is 17.6 Å². The molecule has 0 aromatic heterocycles. The predicted molar refractivity (Wildman–Crippen MR) is 65.3 cm³/mol. The predicted octanol–water partition coefficient (Wildman–Crippen LogP) is 3.30. The lowest BCUT2D eigenvalue weighted by atomic mass is 9.98. The lowest BCUT2D eigenvalue weighted by molar-refractivity contribution is 0.410. The molecule has 2 aromatic carbocycles. The van der Waals surface area contributed by atoms with E-state index in [0.717, 1.165) is 18.2 Å². The van der Waals surface area contributed by atoms with Crippen LogP contribution in [-0.2, 0) is 0 Å². The van der Waals surface area contributed by atoms with Gasteiger partial charge in [0.1, 0.15) is 11.6 Å². The second kappa shape index (κ2) is 5.50. The van der Waals surface area contributed by atoms with Crippen molar-refractivity contribution in [1.82, 2.24) is 0 Å². The fourth-order valence-corrected chi connectivity index (χ4v) is 1.82. The Morgan fingerprint density at radius 3 is 2.05 bits per heavy atom. The highest BCUT2D eigenvalue weighted by Gasteiger charge is 2.18. The molecule has 0 radical (unpaired) electrons.